The van der Waals surface area contributed by atoms with Crippen LogP contribution >= 0.6 is 23.2 Å². The smallest absolute Gasteiger partial charge is 0.272 e. The van der Waals surface area contributed by atoms with E-state index in [9.17, 15) is 4.79 Å². The van der Waals surface area contributed by atoms with Crippen LogP contribution < -0.4 is 5.32 Å². The Hall–Kier alpha value is -2.31. The molecule has 1 aliphatic rings. The lowest BCUT2D eigenvalue weighted by atomic mass is 10.2. The lowest BCUT2D eigenvalue weighted by Gasteiger charge is -2.08. The van der Waals surface area contributed by atoms with Gasteiger partial charge >= 0.3 is 0 Å². The van der Waals surface area contributed by atoms with Crippen molar-refractivity contribution < 1.29 is 4.79 Å². The van der Waals surface area contributed by atoms with Gasteiger partial charge in [-0.2, -0.15) is 5.10 Å². The number of carbonyl (C=O) groups is 1. The first-order chi connectivity index (χ1) is 12.5. The number of fused-ring (bicyclic) bond motifs is 1. The minimum absolute atomic E-state index is 0.187. The maximum absolute atomic E-state index is 12.7. The average molecular weight is 390 g/mol. The molecule has 0 fully saturated rings. The maximum atomic E-state index is 12.7. The Labute approximate surface area is 160 Å². The second kappa shape index (κ2) is 6.78. The van der Waals surface area contributed by atoms with Crippen LogP contribution in [0.2, 0.25) is 10.0 Å². The monoisotopic (exact) mass is 389 g/mol. The Bertz CT molecular complexity index is 992. The van der Waals surface area contributed by atoms with Crippen LogP contribution in [0.15, 0.2) is 30.7 Å². The Morgan fingerprint density at radius 2 is 2.15 bits per heavy atom. The van der Waals surface area contributed by atoms with Gasteiger partial charge < -0.3 is 9.88 Å². The second-order valence-electron chi connectivity index (χ2n) is 6.31. The van der Waals surface area contributed by atoms with Gasteiger partial charge in [-0.3, -0.25) is 4.79 Å². The molecule has 0 unspecified atom stereocenters. The fourth-order valence-corrected chi connectivity index (χ4v) is 3.77. The molecule has 26 heavy (non-hydrogen) atoms. The molecule has 1 aromatic carbocycles. The van der Waals surface area contributed by atoms with Gasteiger partial charge in [0.1, 0.15) is 0 Å². The summed E-state index contributed by atoms with van der Waals surface area (Å²) in [7, 11) is 1.89. The molecule has 1 aliphatic carbocycles. The molecule has 2 aromatic heterocycles. The predicted molar refractivity (Wildman–Crippen MR) is 100.0 cm³/mol. The highest BCUT2D eigenvalue weighted by atomic mass is 35.5. The zero-order valence-corrected chi connectivity index (χ0v) is 15.7. The third-order valence-corrected chi connectivity index (χ3v) is 5.17. The van der Waals surface area contributed by atoms with Gasteiger partial charge in [-0.1, -0.05) is 23.2 Å². The van der Waals surface area contributed by atoms with E-state index in [2.05, 4.69) is 15.4 Å². The minimum Gasteiger partial charge on any atom is -0.345 e. The van der Waals surface area contributed by atoms with E-state index in [1.807, 2.05) is 17.7 Å². The molecule has 0 spiro atoms. The number of aryl methyl sites for hydroxylation is 1. The first-order valence-corrected chi connectivity index (χ1v) is 9.10. The first kappa shape index (κ1) is 17.1. The summed E-state index contributed by atoms with van der Waals surface area (Å²) in [5.41, 5.74) is 4.17. The van der Waals surface area contributed by atoms with Gasteiger partial charge in [-0.15, -0.1) is 0 Å². The van der Waals surface area contributed by atoms with E-state index in [0.29, 0.717) is 22.3 Å². The standard InChI is InChI=1S/C18H17Cl2N5O/c1-24-10-21-8-12(24)9-22-18(26)17-13-3-2-4-15(13)25(23-17)16-6-5-11(19)7-14(16)20/h5-8,10H,2-4,9H2,1H3,(H,22,26). The number of benzene rings is 1. The summed E-state index contributed by atoms with van der Waals surface area (Å²) < 4.78 is 3.65. The van der Waals surface area contributed by atoms with E-state index < -0.39 is 0 Å². The van der Waals surface area contributed by atoms with Crippen LogP contribution in [0.1, 0.15) is 33.9 Å². The van der Waals surface area contributed by atoms with Crippen molar-refractivity contribution >= 4 is 29.1 Å². The van der Waals surface area contributed by atoms with Crippen LogP contribution in [0.4, 0.5) is 0 Å². The topological polar surface area (TPSA) is 64.7 Å². The molecular formula is C18H17Cl2N5O. The summed E-state index contributed by atoms with van der Waals surface area (Å²) >= 11 is 12.3. The molecular weight excluding hydrogens is 373 g/mol. The number of hydrogen-bond acceptors (Lipinski definition) is 3. The Kier molecular flexibility index (Phi) is 4.46. The van der Waals surface area contributed by atoms with Crippen molar-refractivity contribution in [2.24, 2.45) is 7.05 Å². The van der Waals surface area contributed by atoms with Gasteiger partial charge in [0.25, 0.3) is 5.91 Å². The highest BCUT2D eigenvalue weighted by Crippen LogP contribution is 2.31. The van der Waals surface area contributed by atoms with Gasteiger partial charge in [-0.05, 0) is 37.5 Å². The van der Waals surface area contributed by atoms with Crippen LogP contribution in [-0.2, 0) is 26.4 Å². The molecule has 0 saturated heterocycles. The fraction of sp³-hybridized carbons (Fsp3) is 0.278. The Morgan fingerprint density at radius 1 is 1.31 bits per heavy atom. The number of nitrogens with zero attached hydrogens (tertiary/aromatic N) is 4. The number of carbonyl (C=O) groups excluding carboxylic acids is 1. The SMILES string of the molecule is Cn1cncc1CNC(=O)c1nn(-c2ccc(Cl)cc2Cl)c2c1CCC2. The van der Waals surface area contributed by atoms with Crippen LogP contribution in [0.25, 0.3) is 5.69 Å². The van der Waals surface area contributed by atoms with E-state index in [4.69, 9.17) is 23.2 Å². The summed E-state index contributed by atoms with van der Waals surface area (Å²) in [6.45, 7) is 0.401. The van der Waals surface area contributed by atoms with E-state index >= 15 is 0 Å². The molecule has 0 aliphatic heterocycles. The quantitative estimate of drug-likeness (QED) is 0.743. The van der Waals surface area contributed by atoms with E-state index in [-0.39, 0.29) is 5.91 Å². The van der Waals surface area contributed by atoms with Crippen molar-refractivity contribution in [1.29, 1.82) is 0 Å². The van der Waals surface area contributed by atoms with Gasteiger partial charge in [0.2, 0.25) is 0 Å². The first-order valence-electron chi connectivity index (χ1n) is 8.34. The summed E-state index contributed by atoms with van der Waals surface area (Å²) in [5, 5.41) is 8.58. The van der Waals surface area contributed by atoms with Gasteiger partial charge in [0.15, 0.2) is 5.69 Å². The molecule has 0 atom stereocenters. The molecule has 0 bridgehead atoms. The van der Waals surface area contributed by atoms with Crippen LogP contribution in [0, 0.1) is 0 Å². The number of aromatic nitrogens is 4. The Morgan fingerprint density at radius 3 is 2.88 bits per heavy atom. The summed E-state index contributed by atoms with van der Waals surface area (Å²) in [6.07, 6.45) is 6.15. The second-order valence-corrected chi connectivity index (χ2v) is 7.16. The molecule has 2 heterocycles. The van der Waals surface area contributed by atoms with E-state index in [1.54, 1.807) is 29.3 Å². The highest BCUT2D eigenvalue weighted by molar-refractivity contribution is 6.35. The van der Waals surface area contributed by atoms with Gasteiger partial charge in [0.05, 0.1) is 29.3 Å². The highest BCUT2D eigenvalue weighted by Gasteiger charge is 2.27. The van der Waals surface area contributed by atoms with Gasteiger partial charge in [-0.25, -0.2) is 9.67 Å². The van der Waals surface area contributed by atoms with Crippen LogP contribution in [0.5, 0.6) is 0 Å². The third-order valence-electron chi connectivity index (χ3n) is 4.63. The van der Waals surface area contributed by atoms with Crippen molar-refractivity contribution in [3.63, 3.8) is 0 Å². The van der Waals surface area contributed by atoms with Crippen molar-refractivity contribution in [3.8, 4) is 5.69 Å². The average Bonchev–Trinajstić information content (AvgIpc) is 3.30. The largest absolute Gasteiger partial charge is 0.345 e. The number of amides is 1. The number of imidazole rings is 1. The number of hydrogen-bond donors (Lipinski definition) is 1. The molecule has 4 rings (SSSR count). The maximum Gasteiger partial charge on any atom is 0.272 e. The van der Waals surface area contributed by atoms with Crippen molar-refractivity contribution in [3.05, 3.63) is 63.4 Å². The van der Waals surface area contributed by atoms with Crippen LogP contribution in [0.3, 0.4) is 0 Å². The minimum atomic E-state index is -0.187. The molecule has 134 valence electrons. The molecule has 8 heteroatoms. The molecule has 1 N–H and O–H groups in total. The Balaban J connectivity index is 1.65. The lowest BCUT2D eigenvalue weighted by Crippen LogP contribution is -2.25. The predicted octanol–water partition coefficient (Wildman–Crippen LogP) is 3.33. The molecule has 6 nitrogen and oxygen atoms in total. The number of nitrogens with one attached hydrogen (secondary N) is 1. The number of rotatable bonds is 4. The van der Waals surface area contributed by atoms with Crippen molar-refractivity contribution in [1.82, 2.24) is 24.6 Å². The fourth-order valence-electron chi connectivity index (χ4n) is 3.28. The number of halogens is 2. The molecule has 3 aromatic rings. The zero-order valence-electron chi connectivity index (χ0n) is 14.2. The van der Waals surface area contributed by atoms with E-state index in [1.165, 1.54) is 0 Å². The summed E-state index contributed by atoms with van der Waals surface area (Å²) in [4.78, 5) is 16.8. The van der Waals surface area contributed by atoms with Crippen LogP contribution in [-0.4, -0.2) is 25.2 Å². The molecule has 1 amide bonds. The normalized spacial score (nSPS) is 13.0. The van der Waals surface area contributed by atoms with Crippen molar-refractivity contribution in [2.45, 2.75) is 25.8 Å². The van der Waals surface area contributed by atoms with Gasteiger partial charge in [0, 0.05) is 29.5 Å². The van der Waals surface area contributed by atoms with E-state index in [0.717, 1.165) is 41.9 Å². The lowest BCUT2D eigenvalue weighted by molar-refractivity contribution is 0.0944. The zero-order chi connectivity index (χ0) is 18.3. The summed E-state index contributed by atoms with van der Waals surface area (Å²) in [6, 6.07) is 5.28. The molecule has 0 saturated carbocycles. The van der Waals surface area contributed by atoms with Crippen molar-refractivity contribution in [2.75, 3.05) is 0 Å². The molecule has 0 radical (unpaired) electrons. The summed E-state index contributed by atoms with van der Waals surface area (Å²) in [5.74, 6) is -0.187. The third kappa shape index (κ3) is 2.99.